The lowest BCUT2D eigenvalue weighted by Crippen LogP contribution is -2.27. The Morgan fingerprint density at radius 2 is 1.80 bits per heavy atom. The zero-order chi connectivity index (χ0) is 25.2. The number of halogens is 4. The van der Waals surface area contributed by atoms with Crippen LogP contribution in [-0.2, 0) is 26.9 Å². The number of carbonyl (C=O) groups is 2. The van der Waals surface area contributed by atoms with Gasteiger partial charge in [0.25, 0.3) is 5.91 Å². The van der Waals surface area contributed by atoms with Crippen LogP contribution in [0.2, 0.25) is 5.02 Å². The lowest BCUT2D eigenvalue weighted by molar-refractivity contribution is -0.154. The highest BCUT2D eigenvalue weighted by atomic mass is 35.5. The van der Waals surface area contributed by atoms with E-state index in [2.05, 4.69) is 5.32 Å². The minimum absolute atomic E-state index is 0.135. The number of esters is 1. The number of rotatable bonds is 6. The Kier molecular flexibility index (Phi) is 6.84. The summed E-state index contributed by atoms with van der Waals surface area (Å²) in [5.41, 5.74) is 0.842. The van der Waals surface area contributed by atoms with Gasteiger partial charge in [0, 0.05) is 21.5 Å². The van der Waals surface area contributed by atoms with Gasteiger partial charge in [-0.05, 0) is 36.8 Å². The first kappa shape index (κ1) is 24.3. The zero-order valence-electron chi connectivity index (χ0n) is 18.4. The van der Waals surface area contributed by atoms with Gasteiger partial charge in [-0.15, -0.1) is 0 Å². The quantitative estimate of drug-likeness (QED) is 0.292. The fourth-order valence-electron chi connectivity index (χ4n) is 3.61. The van der Waals surface area contributed by atoms with Gasteiger partial charge in [0.2, 0.25) is 6.10 Å². The van der Waals surface area contributed by atoms with Crippen molar-refractivity contribution in [2.75, 3.05) is 5.32 Å². The van der Waals surface area contributed by atoms with Gasteiger partial charge in [0.15, 0.2) is 0 Å². The van der Waals surface area contributed by atoms with Crippen LogP contribution in [0.3, 0.4) is 0 Å². The van der Waals surface area contributed by atoms with Crippen molar-refractivity contribution < 1.29 is 31.9 Å². The Morgan fingerprint density at radius 3 is 2.51 bits per heavy atom. The molecule has 4 rings (SSSR count). The fraction of sp³-hybridized carbons (Fsp3) is 0.154. The lowest BCUT2D eigenvalue weighted by Gasteiger charge is -2.20. The number of hydrogen-bond acceptors (Lipinski definition) is 4. The maximum atomic E-state index is 13.5. The van der Waals surface area contributed by atoms with Crippen molar-refractivity contribution in [2.24, 2.45) is 0 Å². The summed E-state index contributed by atoms with van der Waals surface area (Å²) in [5, 5.41) is 2.82. The summed E-state index contributed by atoms with van der Waals surface area (Å²) in [6.45, 7) is 1.91. The summed E-state index contributed by atoms with van der Waals surface area (Å²) in [5.74, 6) is -1.69. The van der Waals surface area contributed by atoms with E-state index in [-0.39, 0.29) is 11.4 Å². The van der Waals surface area contributed by atoms with Crippen molar-refractivity contribution >= 4 is 40.1 Å². The van der Waals surface area contributed by atoms with Crippen LogP contribution in [0.15, 0.2) is 77.4 Å². The summed E-state index contributed by atoms with van der Waals surface area (Å²) in [4.78, 5) is 25.8. The van der Waals surface area contributed by atoms with Crippen LogP contribution in [0.1, 0.15) is 28.4 Å². The van der Waals surface area contributed by atoms with E-state index < -0.39 is 35.4 Å². The molecule has 1 aromatic heterocycles. The first-order chi connectivity index (χ1) is 16.6. The average Bonchev–Trinajstić information content (AvgIpc) is 3.20. The molecule has 0 fully saturated rings. The Hall–Kier alpha value is -3.78. The molecule has 1 amide bonds. The third-order valence-electron chi connectivity index (χ3n) is 5.28. The molecule has 1 atom stereocenters. The molecule has 0 aliphatic carbocycles. The van der Waals surface area contributed by atoms with Crippen molar-refractivity contribution in [1.29, 1.82) is 0 Å². The van der Waals surface area contributed by atoms with Gasteiger partial charge < -0.3 is 14.5 Å². The molecule has 0 radical (unpaired) electrons. The minimum atomic E-state index is -4.76. The standard InChI is InChI=1S/C26H19ClF3NO4/c1-15-7-9-19-17(14-34-22(19)11-15)12-23(32)35-24(16-5-3-2-4-6-16)25(33)31-21-10-8-18(27)13-20(21)26(28,29)30/h2-11,13-14,24H,12H2,1H3,(H,31,33). The number of ether oxygens (including phenoxy) is 1. The van der Waals surface area contributed by atoms with Crippen LogP contribution in [0.25, 0.3) is 11.0 Å². The second kappa shape index (κ2) is 9.84. The monoisotopic (exact) mass is 501 g/mol. The summed E-state index contributed by atoms with van der Waals surface area (Å²) in [6, 6.07) is 16.5. The van der Waals surface area contributed by atoms with Gasteiger partial charge in [-0.1, -0.05) is 54.1 Å². The number of carbonyl (C=O) groups excluding carboxylic acids is 2. The van der Waals surface area contributed by atoms with Gasteiger partial charge in [-0.2, -0.15) is 13.2 Å². The van der Waals surface area contributed by atoms with E-state index in [1.54, 1.807) is 30.3 Å². The Labute approximate surface area is 203 Å². The van der Waals surface area contributed by atoms with E-state index >= 15 is 0 Å². The molecule has 0 aliphatic heterocycles. The molecular weight excluding hydrogens is 483 g/mol. The maximum Gasteiger partial charge on any atom is 0.418 e. The van der Waals surface area contributed by atoms with E-state index in [4.69, 9.17) is 20.8 Å². The Bertz CT molecular complexity index is 1380. The Morgan fingerprint density at radius 1 is 1.06 bits per heavy atom. The normalized spacial score (nSPS) is 12.4. The van der Waals surface area contributed by atoms with Crippen LogP contribution in [-0.4, -0.2) is 11.9 Å². The molecule has 1 N–H and O–H groups in total. The van der Waals surface area contributed by atoms with Gasteiger partial charge in [0.1, 0.15) is 5.58 Å². The second-order valence-electron chi connectivity index (χ2n) is 7.89. The first-order valence-electron chi connectivity index (χ1n) is 10.5. The number of anilines is 1. The number of fused-ring (bicyclic) bond motifs is 1. The van der Waals surface area contributed by atoms with Crippen LogP contribution >= 0.6 is 11.6 Å². The molecule has 1 heterocycles. The molecule has 0 aliphatic rings. The highest BCUT2D eigenvalue weighted by molar-refractivity contribution is 6.30. The van der Waals surface area contributed by atoms with Crippen LogP contribution < -0.4 is 5.32 Å². The van der Waals surface area contributed by atoms with Crippen molar-refractivity contribution in [3.05, 3.63) is 100 Å². The van der Waals surface area contributed by atoms with E-state index in [0.717, 1.165) is 17.0 Å². The van der Waals surface area contributed by atoms with Crippen LogP contribution in [0.5, 0.6) is 0 Å². The molecule has 5 nitrogen and oxygen atoms in total. The van der Waals surface area contributed by atoms with Crippen molar-refractivity contribution in [2.45, 2.75) is 25.6 Å². The number of alkyl halides is 3. The SMILES string of the molecule is Cc1ccc2c(CC(=O)OC(C(=O)Nc3ccc(Cl)cc3C(F)(F)F)c3ccccc3)coc2c1. The van der Waals surface area contributed by atoms with Crippen LogP contribution in [0.4, 0.5) is 18.9 Å². The lowest BCUT2D eigenvalue weighted by atomic mass is 10.1. The number of amides is 1. The number of aryl methyl sites for hydroxylation is 1. The number of nitrogens with one attached hydrogen (secondary N) is 1. The Balaban J connectivity index is 1.58. The van der Waals surface area contributed by atoms with Gasteiger partial charge >= 0.3 is 12.1 Å². The summed E-state index contributed by atoms with van der Waals surface area (Å²) >= 11 is 5.71. The van der Waals surface area contributed by atoms with E-state index in [0.29, 0.717) is 22.8 Å². The van der Waals surface area contributed by atoms with E-state index in [1.165, 1.54) is 12.3 Å². The zero-order valence-corrected chi connectivity index (χ0v) is 19.1. The summed E-state index contributed by atoms with van der Waals surface area (Å²) < 4.78 is 51.4. The molecule has 0 saturated heterocycles. The number of hydrogen-bond donors (Lipinski definition) is 1. The second-order valence-corrected chi connectivity index (χ2v) is 8.33. The topological polar surface area (TPSA) is 68.5 Å². The smallest absolute Gasteiger partial charge is 0.418 e. The average molecular weight is 502 g/mol. The number of benzene rings is 3. The predicted octanol–water partition coefficient (Wildman–Crippen LogP) is 6.88. The molecule has 0 bridgehead atoms. The third kappa shape index (κ3) is 5.66. The first-order valence-corrected chi connectivity index (χ1v) is 10.9. The maximum absolute atomic E-state index is 13.5. The van der Waals surface area contributed by atoms with E-state index in [9.17, 15) is 22.8 Å². The number of furan rings is 1. The largest absolute Gasteiger partial charge is 0.464 e. The highest BCUT2D eigenvalue weighted by Gasteiger charge is 2.35. The van der Waals surface area contributed by atoms with Crippen LogP contribution in [0, 0.1) is 6.92 Å². The van der Waals surface area contributed by atoms with Gasteiger partial charge in [-0.3, -0.25) is 9.59 Å². The van der Waals surface area contributed by atoms with Gasteiger partial charge in [0.05, 0.1) is 23.9 Å². The summed E-state index contributed by atoms with van der Waals surface area (Å²) in [7, 11) is 0. The van der Waals surface area contributed by atoms with E-state index in [1.807, 2.05) is 25.1 Å². The van der Waals surface area contributed by atoms with Crippen molar-refractivity contribution in [3.8, 4) is 0 Å². The molecule has 0 spiro atoms. The molecule has 1 unspecified atom stereocenters. The fourth-order valence-corrected chi connectivity index (χ4v) is 3.79. The minimum Gasteiger partial charge on any atom is -0.464 e. The molecule has 4 aromatic rings. The molecule has 9 heteroatoms. The molecule has 35 heavy (non-hydrogen) atoms. The van der Waals surface area contributed by atoms with Gasteiger partial charge in [-0.25, -0.2) is 0 Å². The summed E-state index contributed by atoms with van der Waals surface area (Å²) in [6.07, 6.45) is -5.00. The predicted molar refractivity (Wildman–Crippen MR) is 125 cm³/mol. The van der Waals surface area contributed by atoms with Crippen molar-refractivity contribution in [1.82, 2.24) is 0 Å². The highest BCUT2D eigenvalue weighted by Crippen LogP contribution is 2.37. The molecule has 180 valence electrons. The molecule has 3 aromatic carbocycles. The molecular formula is C26H19ClF3NO4. The van der Waals surface area contributed by atoms with Crippen molar-refractivity contribution in [3.63, 3.8) is 0 Å². The molecule has 0 saturated carbocycles. The third-order valence-corrected chi connectivity index (χ3v) is 5.52.